The first-order valence-electron chi connectivity index (χ1n) is 11.0. The molecule has 5 nitrogen and oxygen atoms in total. The molecule has 5 heteroatoms. The summed E-state index contributed by atoms with van der Waals surface area (Å²) in [6.07, 6.45) is 3.47. The Bertz CT molecular complexity index is 1350. The van der Waals surface area contributed by atoms with E-state index < -0.39 is 0 Å². The summed E-state index contributed by atoms with van der Waals surface area (Å²) in [5.41, 5.74) is 4.21. The Hall–Kier alpha value is -4.51. The van der Waals surface area contributed by atoms with Gasteiger partial charge in [-0.1, -0.05) is 66.7 Å². The number of rotatable bonds is 6. The van der Waals surface area contributed by atoms with Gasteiger partial charge in [0, 0.05) is 17.3 Å². The third-order valence-electron chi connectivity index (χ3n) is 5.65. The molecule has 1 aliphatic rings. The number of aromatic nitrogens is 1. The molecule has 1 aliphatic heterocycles. The lowest BCUT2D eigenvalue weighted by Gasteiger charge is -2.28. The largest absolute Gasteiger partial charge is 0.489 e. The van der Waals surface area contributed by atoms with Crippen LogP contribution in [0.5, 0.6) is 5.75 Å². The zero-order valence-corrected chi connectivity index (χ0v) is 18.4. The van der Waals surface area contributed by atoms with E-state index in [4.69, 9.17) is 4.74 Å². The number of carbonyl (C=O) groups excluding carboxylic acids is 2. The lowest BCUT2D eigenvalue weighted by atomic mass is 9.92. The maximum Gasteiger partial charge on any atom is 0.261 e. The molecule has 166 valence electrons. The normalized spacial score (nSPS) is 14.2. The first-order valence-corrected chi connectivity index (χ1v) is 11.0. The molecule has 0 unspecified atom stereocenters. The Morgan fingerprint density at radius 1 is 0.735 bits per heavy atom. The molecule has 3 aromatic carbocycles. The van der Waals surface area contributed by atoms with Crippen molar-refractivity contribution >= 4 is 23.5 Å². The van der Waals surface area contributed by atoms with Gasteiger partial charge in [-0.05, 0) is 53.1 Å². The Kier molecular flexibility index (Phi) is 5.99. The fourth-order valence-corrected chi connectivity index (χ4v) is 3.91. The third kappa shape index (κ3) is 4.50. The molecule has 0 bridgehead atoms. The molecule has 34 heavy (non-hydrogen) atoms. The maximum atomic E-state index is 13.4. The second-order valence-corrected chi connectivity index (χ2v) is 7.96. The van der Waals surface area contributed by atoms with Crippen molar-refractivity contribution < 1.29 is 14.3 Å². The van der Waals surface area contributed by atoms with Gasteiger partial charge in [-0.2, -0.15) is 0 Å². The number of hydrogen-bond donors (Lipinski definition) is 0. The van der Waals surface area contributed by atoms with Crippen LogP contribution in [0, 0.1) is 0 Å². The number of amides is 2. The molecule has 0 N–H and O–H groups in total. The minimum absolute atomic E-state index is 0.121. The summed E-state index contributed by atoms with van der Waals surface area (Å²) >= 11 is 0. The summed E-state index contributed by atoms with van der Waals surface area (Å²) in [6.45, 7) is 0.605. The standard InChI is InChI=1S/C29H22N2O3/c32-28-26-12-5-4-11-25(26)27(29(33)31(28)19-23-10-6-7-17-30-23)18-21-13-15-24(16-14-21)34-20-22-8-2-1-3-9-22/h1-18H,19-20H2/b27-18+. The quantitative estimate of drug-likeness (QED) is 0.295. The van der Waals surface area contributed by atoms with Crippen LogP contribution >= 0.6 is 0 Å². The maximum absolute atomic E-state index is 13.4. The Morgan fingerprint density at radius 2 is 1.44 bits per heavy atom. The van der Waals surface area contributed by atoms with E-state index in [9.17, 15) is 9.59 Å². The van der Waals surface area contributed by atoms with Crippen molar-refractivity contribution in [3.05, 3.63) is 131 Å². The van der Waals surface area contributed by atoms with Crippen LogP contribution in [0.15, 0.2) is 103 Å². The second-order valence-electron chi connectivity index (χ2n) is 7.96. The molecular weight excluding hydrogens is 424 g/mol. The van der Waals surface area contributed by atoms with E-state index in [2.05, 4.69) is 4.98 Å². The van der Waals surface area contributed by atoms with Crippen LogP contribution in [0.4, 0.5) is 0 Å². The molecule has 0 atom stereocenters. The number of carbonyl (C=O) groups is 2. The summed E-state index contributed by atoms with van der Waals surface area (Å²) in [4.78, 5) is 32.0. The molecule has 4 aromatic rings. The van der Waals surface area contributed by atoms with Gasteiger partial charge < -0.3 is 4.74 Å². The minimum atomic E-state index is -0.334. The molecule has 0 saturated heterocycles. The predicted octanol–water partition coefficient (Wildman–Crippen LogP) is 5.38. The molecule has 5 rings (SSSR count). The van der Waals surface area contributed by atoms with Crippen molar-refractivity contribution in [1.82, 2.24) is 9.88 Å². The summed E-state index contributed by atoms with van der Waals surface area (Å²) in [7, 11) is 0. The zero-order chi connectivity index (χ0) is 23.3. The molecule has 0 aliphatic carbocycles. The number of nitrogens with zero attached hydrogens (tertiary/aromatic N) is 2. The van der Waals surface area contributed by atoms with Crippen LogP contribution in [-0.2, 0) is 17.9 Å². The van der Waals surface area contributed by atoms with E-state index in [1.54, 1.807) is 24.4 Å². The van der Waals surface area contributed by atoms with Gasteiger partial charge in [-0.15, -0.1) is 0 Å². The van der Waals surface area contributed by atoms with E-state index in [1.165, 1.54) is 4.90 Å². The highest BCUT2D eigenvalue weighted by Gasteiger charge is 2.34. The van der Waals surface area contributed by atoms with Gasteiger partial charge in [0.25, 0.3) is 11.8 Å². The zero-order valence-electron chi connectivity index (χ0n) is 18.4. The van der Waals surface area contributed by atoms with Crippen molar-refractivity contribution in [3.63, 3.8) is 0 Å². The predicted molar refractivity (Wildman–Crippen MR) is 131 cm³/mol. The average molecular weight is 447 g/mol. The van der Waals surface area contributed by atoms with Crippen molar-refractivity contribution in [2.24, 2.45) is 0 Å². The van der Waals surface area contributed by atoms with Crippen LogP contribution in [-0.4, -0.2) is 21.7 Å². The van der Waals surface area contributed by atoms with E-state index in [-0.39, 0.29) is 18.4 Å². The van der Waals surface area contributed by atoms with Crippen LogP contribution in [0.3, 0.4) is 0 Å². The van der Waals surface area contributed by atoms with E-state index >= 15 is 0 Å². The van der Waals surface area contributed by atoms with Gasteiger partial charge in [0.15, 0.2) is 0 Å². The van der Waals surface area contributed by atoms with Gasteiger partial charge in [0.1, 0.15) is 12.4 Å². The molecule has 0 saturated carbocycles. The molecule has 2 heterocycles. The van der Waals surface area contributed by atoms with Crippen molar-refractivity contribution in [3.8, 4) is 5.75 Å². The Labute approximate surface area is 198 Å². The first-order chi connectivity index (χ1) is 16.7. The summed E-state index contributed by atoms with van der Waals surface area (Å²) in [5, 5.41) is 0. The average Bonchev–Trinajstić information content (AvgIpc) is 2.90. The molecule has 0 spiro atoms. The van der Waals surface area contributed by atoms with Gasteiger partial charge in [-0.25, -0.2) is 0 Å². The number of ether oxygens (including phenoxy) is 1. The minimum Gasteiger partial charge on any atom is -0.489 e. The van der Waals surface area contributed by atoms with Gasteiger partial charge in [0.05, 0.1) is 12.2 Å². The molecule has 1 aromatic heterocycles. The Morgan fingerprint density at radius 3 is 2.18 bits per heavy atom. The third-order valence-corrected chi connectivity index (χ3v) is 5.65. The number of hydrogen-bond acceptors (Lipinski definition) is 4. The van der Waals surface area contributed by atoms with Crippen LogP contribution < -0.4 is 4.74 Å². The van der Waals surface area contributed by atoms with E-state index in [0.29, 0.717) is 29.0 Å². The van der Waals surface area contributed by atoms with Crippen molar-refractivity contribution in [2.75, 3.05) is 0 Å². The summed E-state index contributed by atoms with van der Waals surface area (Å²) in [6, 6.07) is 30.2. The molecular formula is C29H22N2O3. The topological polar surface area (TPSA) is 59.5 Å². The monoisotopic (exact) mass is 446 g/mol. The smallest absolute Gasteiger partial charge is 0.261 e. The summed E-state index contributed by atoms with van der Waals surface area (Å²) in [5.74, 6) is 0.0974. The first kappa shape index (κ1) is 21.3. The fraction of sp³-hybridized carbons (Fsp3) is 0.0690. The van der Waals surface area contributed by atoms with E-state index in [0.717, 1.165) is 16.9 Å². The van der Waals surface area contributed by atoms with Crippen LogP contribution in [0.1, 0.15) is 32.7 Å². The number of benzene rings is 3. The number of imide groups is 1. The SMILES string of the molecule is O=C1/C(=C/c2ccc(OCc3ccccc3)cc2)c2ccccc2C(=O)N1Cc1ccccn1. The highest BCUT2D eigenvalue weighted by atomic mass is 16.5. The highest BCUT2D eigenvalue weighted by molar-refractivity contribution is 6.33. The highest BCUT2D eigenvalue weighted by Crippen LogP contribution is 2.31. The molecule has 2 amide bonds. The van der Waals surface area contributed by atoms with Crippen LogP contribution in [0.2, 0.25) is 0 Å². The molecule has 0 fully saturated rings. The lowest BCUT2D eigenvalue weighted by molar-refractivity contribution is -0.123. The number of pyridine rings is 1. The molecule has 0 radical (unpaired) electrons. The van der Waals surface area contributed by atoms with Gasteiger partial charge in [0.2, 0.25) is 0 Å². The van der Waals surface area contributed by atoms with Gasteiger partial charge in [-0.3, -0.25) is 19.5 Å². The van der Waals surface area contributed by atoms with Crippen molar-refractivity contribution in [2.45, 2.75) is 13.2 Å². The Balaban J connectivity index is 1.42. The fourth-order valence-electron chi connectivity index (χ4n) is 3.91. The summed E-state index contributed by atoms with van der Waals surface area (Å²) < 4.78 is 5.86. The number of fused-ring (bicyclic) bond motifs is 1. The van der Waals surface area contributed by atoms with Crippen molar-refractivity contribution in [1.29, 1.82) is 0 Å². The van der Waals surface area contributed by atoms with Crippen LogP contribution in [0.25, 0.3) is 11.6 Å². The van der Waals surface area contributed by atoms with E-state index in [1.807, 2.05) is 84.9 Å². The second kappa shape index (κ2) is 9.55. The van der Waals surface area contributed by atoms with Gasteiger partial charge >= 0.3 is 0 Å². The lowest BCUT2D eigenvalue weighted by Crippen LogP contribution is -2.41.